The first-order valence-electron chi connectivity index (χ1n) is 6.93. The van der Waals surface area contributed by atoms with Crippen molar-refractivity contribution in [1.82, 2.24) is 10.6 Å². The molecule has 2 atom stereocenters. The highest BCUT2D eigenvalue weighted by Crippen LogP contribution is 2.25. The third-order valence-electron chi connectivity index (χ3n) is 4.26. The van der Waals surface area contributed by atoms with Gasteiger partial charge >= 0.3 is 0 Å². The Balaban J connectivity index is 1.96. The van der Waals surface area contributed by atoms with Crippen LogP contribution in [-0.4, -0.2) is 49.0 Å². The molecule has 1 saturated heterocycles. The van der Waals surface area contributed by atoms with E-state index in [-0.39, 0.29) is 11.9 Å². The first kappa shape index (κ1) is 13.8. The van der Waals surface area contributed by atoms with E-state index in [1.165, 1.54) is 0 Å². The van der Waals surface area contributed by atoms with Crippen LogP contribution in [0.3, 0.4) is 0 Å². The van der Waals surface area contributed by atoms with Gasteiger partial charge in [0.2, 0.25) is 0 Å². The molecule has 18 heavy (non-hydrogen) atoms. The summed E-state index contributed by atoms with van der Waals surface area (Å²) in [5.74, 6) is -0.0579. The Labute approximate surface area is 108 Å². The van der Waals surface area contributed by atoms with Gasteiger partial charge < -0.3 is 20.5 Å². The van der Waals surface area contributed by atoms with Crippen molar-refractivity contribution in [2.24, 2.45) is 0 Å². The number of methoxy groups -OCH3 is 1. The predicted molar refractivity (Wildman–Crippen MR) is 68.2 cm³/mol. The summed E-state index contributed by atoms with van der Waals surface area (Å²) < 4.78 is 5.48. The molecule has 0 spiro atoms. The highest BCUT2D eigenvalue weighted by molar-refractivity contribution is 5.85. The molecule has 0 bridgehead atoms. The zero-order valence-corrected chi connectivity index (χ0v) is 11.1. The number of ether oxygens (including phenoxy) is 1. The average molecular weight is 256 g/mol. The smallest absolute Gasteiger partial charge is 0.252 e. The number of aliphatic hydroxyl groups is 1. The maximum atomic E-state index is 12.4. The molecule has 3 N–H and O–H groups in total. The molecule has 2 aliphatic rings. The molecule has 5 heteroatoms. The second kappa shape index (κ2) is 5.99. The summed E-state index contributed by atoms with van der Waals surface area (Å²) in [7, 11) is 1.60. The Kier molecular flexibility index (Phi) is 4.59. The van der Waals surface area contributed by atoms with E-state index in [1.807, 2.05) is 0 Å². The molecule has 0 aromatic rings. The molecule has 0 aromatic carbocycles. The Morgan fingerprint density at radius 3 is 2.61 bits per heavy atom. The van der Waals surface area contributed by atoms with E-state index in [4.69, 9.17) is 4.74 Å². The number of rotatable bonds is 3. The van der Waals surface area contributed by atoms with E-state index in [1.54, 1.807) is 7.11 Å². The Morgan fingerprint density at radius 2 is 2.00 bits per heavy atom. The number of carbonyl (C=O) groups excluding carboxylic acids is 1. The van der Waals surface area contributed by atoms with E-state index < -0.39 is 11.7 Å². The van der Waals surface area contributed by atoms with Gasteiger partial charge in [-0.3, -0.25) is 4.79 Å². The summed E-state index contributed by atoms with van der Waals surface area (Å²) >= 11 is 0. The summed E-state index contributed by atoms with van der Waals surface area (Å²) in [6.45, 7) is 1.60. The Morgan fingerprint density at radius 1 is 1.33 bits per heavy atom. The van der Waals surface area contributed by atoms with Crippen LogP contribution in [0.25, 0.3) is 0 Å². The molecule has 1 saturated carbocycles. The van der Waals surface area contributed by atoms with E-state index in [9.17, 15) is 9.90 Å². The fraction of sp³-hybridized carbons (Fsp3) is 0.923. The largest absolute Gasteiger partial charge is 0.391 e. The lowest BCUT2D eigenvalue weighted by Crippen LogP contribution is -2.58. The molecule has 0 aromatic heterocycles. The predicted octanol–water partition coefficient (Wildman–Crippen LogP) is 0.175. The number of aliphatic hydroxyl groups excluding tert-OH is 1. The van der Waals surface area contributed by atoms with Crippen molar-refractivity contribution in [1.29, 1.82) is 0 Å². The second-order valence-corrected chi connectivity index (χ2v) is 5.38. The van der Waals surface area contributed by atoms with Crippen molar-refractivity contribution in [3.63, 3.8) is 0 Å². The summed E-state index contributed by atoms with van der Waals surface area (Å²) in [6, 6.07) is -0.104. The van der Waals surface area contributed by atoms with Crippen molar-refractivity contribution in [2.45, 2.75) is 56.3 Å². The van der Waals surface area contributed by atoms with Crippen molar-refractivity contribution in [3.8, 4) is 0 Å². The van der Waals surface area contributed by atoms with Crippen molar-refractivity contribution in [2.75, 3.05) is 20.2 Å². The van der Waals surface area contributed by atoms with Gasteiger partial charge in [-0.25, -0.2) is 0 Å². The lowest BCUT2D eigenvalue weighted by Gasteiger charge is -2.37. The maximum absolute atomic E-state index is 12.4. The molecular formula is C13H24N2O3. The van der Waals surface area contributed by atoms with Gasteiger partial charge in [-0.15, -0.1) is 0 Å². The van der Waals surface area contributed by atoms with Crippen molar-refractivity contribution < 1.29 is 14.6 Å². The van der Waals surface area contributed by atoms with Crippen LogP contribution in [0.4, 0.5) is 0 Å². The minimum atomic E-state index is -0.706. The molecular weight excluding hydrogens is 232 g/mol. The van der Waals surface area contributed by atoms with Gasteiger partial charge in [-0.05, 0) is 38.8 Å². The second-order valence-electron chi connectivity index (χ2n) is 5.38. The Hall–Kier alpha value is -0.650. The van der Waals surface area contributed by atoms with E-state index in [0.717, 1.165) is 38.8 Å². The molecule has 1 heterocycles. The zero-order chi connectivity index (χ0) is 13.0. The minimum Gasteiger partial charge on any atom is -0.391 e. The molecule has 0 radical (unpaired) electrons. The van der Waals surface area contributed by atoms with Crippen LogP contribution in [0.1, 0.15) is 38.5 Å². The highest BCUT2D eigenvalue weighted by atomic mass is 16.5. The average Bonchev–Trinajstić information content (AvgIpc) is 2.42. The van der Waals surface area contributed by atoms with Crippen LogP contribution in [-0.2, 0) is 9.53 Å². The quantitative estimate of drug-likeness (QED) is 0.673. The van der Waals surface area contributed by atoms with Crippen molar-refractivity contribution >= 4 is 5.91 Å². The monoisotopic (exact) mass is 256 g/mol. The maximum Gasteiger partial charge on any atom is 0.252 e. The molecule has 2 rings (SSSR count). The van der Waals surface area contributed by atoms with Crippen LogP contribution in [0.5, 0.6) is 0 Å². The standard InChI is InChI=1S/C13H24N2O3/c1-18-13(6-8-14-9-7-13)12(17)15-10-4-2-3-5-11(10)16/h10-11,14,16H,2-9H2,1H3,(H,15,17)/t10-,11-/m1/s1. The van der Waals surface area contributed by atoms with Crippen molar-refractivity contribution in [3.05, 3.63) is 0 Å². The van der Waals surface area contributed by atoms with Gasteiger partial charge in [0, 0.05) is 7.11 Å². The molecule has 0 unspecified atom stereocenters. The van der Waals surface area contributed by atoms with Gasteiger partial charge in [0.15, 0.2) is 0 Å². The summed E-state index contributed by atoms with van der Waals surface area (Å²) in [5.41, 5.74) is -0.706. The molecule has 104 valence electrons. The lowest BCUT2D eigenvalue weighted by atomic mass is 9.88. The minimum absolute atomic E-state index is 0.0579. The number of nitrogens with one attached hydrogen (secondary N) is 2. The number of piperidine rings is 1. The summed E-state index contributed by atoms with van der Waals surface area (Å²) in [6.07, 6.45) is 4.75. The van der Waals surface area contributed by atoms with Gasteiger partial charge in [-0.1, -0.05) is 12.8 Å². The van der Waals surface area contributed by atoms with E-state index in [2.05, 4.69) is 10.6 Å². The van der Waals surface area contributed by atoms with Crippen LogP contribution in [0.15, 0.2) is 0 Å². The third-order valence-corrected chi connectivity index (χ3v) is 4.26. The molecule has 1 aliphatic heterocycles. The number of amides is 1. The van der Waals surface area contributed by atoms with Gasteiger partial charge in [0.25, 0.3) is 5.91 Å². The van der Waals surface area contributed by atoms with Crippen LogP contribution in [0, 0.1) is 0 Å². The normalized spacial score (nSPS) is 31.9. The fourth-order valence-electron chi connectivity index (χ4n) is 2.93. The number of hydrogen-bond acceptors (Lipinski definition) is 4. The van der Waals surface area contributed by atoms with Crippen LogP contribution >= 0.6 is 0 Å². The van der Waals surface area contributed by atoms with Gasteiger partial charge in [-0.2, -0.15) is 0 Å². The van der Waals surface area contributed by atoms with Crippen LogP contribution in [0.2, 0.25) is 0 Å². The third kappa shape index (κ3) is 2.84. The first-order valence-corrected chi connectivity index (χ1v) is 6.93. The van der Waals surface area contributed by atoms with E-state index >= 15 is 0 Å². The molecule has 2 fully saturated rings. The molecule has 5 nitrogen and oxygen atoms in total. The summed E-state index contributed by atoms with van der Waals surface area (Å²) in [4.78, 5) is 12.4. The lowest BCUT2D eigenvalue weighted by molar-refractivity contribution is -0.148. The van der Waals surface area contributed by atoms with Crippen LogP contribution < -0.4 is 10.6 Å². The SMILES string of the molecule is COC1(C(=O)N[C@@H]2CCCC[C@H]2O)CCNCC1. The zero-order valence-electron chi connectivity index (χ0n) is 11.1. The molecule has 1 aliphatic carbocycles. The Bertz CT molecular complexity index is 290. The topological polar surface area (TPSA) is 70.6 Å². The van der Waals surface area contributed by atoms with Gasteiger partial charge in [0.1, 0.15) is 5.60 Å². The first-order chi connectivity index (χ1) is 8.68. The number of hydrogen-bond donors (Lipinski definition) is 3. The highest BCUT2D eigenvalue weighted by Gasteiger charge is 2.41. The van der Waals surface area contributed by atoms with Gasteiger partial charge in [0.05, 0.1) is 12.1 Å². The molecule has 1 amide bonds. The number of carbonyl (C=O) groups is 1. The summed E-state index contributed by atoms with van der Waals surface area (Å²) in [5, 5.41) is 16.1. The van der Waals surface area contributed by atoms with E-state index in [0.29, 0.717) is 12.8 Å². The fourth-order valence-corrected chi connectivity index (χ4v) is 2.93.